The van der Waals surface area contributed by atoms with Gasteiger partial charge in [-0.25, -0.2) is 4.79 Å². The third kappa shape index (κ3) is 5.39. The molecule has 0 radical (unpaired) electrons. The van der Waals surface area contributed by atoms with E-state index in [4.69, 9.17) is 9.16 Å². The van der Waals surface area contributed by atoms with Crippen molar-refractivity contribution < 1.29 is 28.7 Å². The van der Waals surface area contributed by atoms with Gasteiger partial charge in [-0.1, -0.05) is 34.6 Å². The average Bonchev–Trinajstić information content (AvgIpc) is 2.95. The molecule has 27 heavy (non-hydrogen) atoms. The molecule has 0 aliphatic carbocycles. The summed E-state index contributed by atoms with van der Waals surface area (Å²) < 4.78 is 11.5. The van der Waals surface area contributed by atoms with E-state index in [0.29, 0.717) is 6.42 Å². The molecule has 0 spiro atoms. The number of aliphatic hydroxyl groups is 1. The van der Waals surface area contributed by atoms with Crippen molar-refractivity contribution in [3.63, 3.8) is 0 Å². The first-order chi connectivity index (χ1) is 12.2. The summed E-state index contributed by atoms with van der Waals surface area (Å²) in [6, 6.07) is -0.842. The molecule has 0 unspecified atom stereocenters. The Kier molecular flexibility index (Phi) is 7.40. The van der Waals surface area contributed by atoms with E-state index in [-0.39, 0.29) is 24.3 Å². The molecule has 1 aliphatic heterocycles. The van der Waals surface area contributed by atoms with Crippen LogP contribution in [0.4, 0.5) is 0 Å². The Bertz CT molecular complexity index is 581. The Morgan fingerprint density at radius 2 is 1.70 bits per heavy atom. The highest BCUT2D eigenvalue weighted by molar-refractivity contribution is 6.74. The zero-order valence-electron chi connectivity index (χ0n) is 17.9. The highest BCUT2D eigenvalue weighted by Crippen LogP contribution is 2.39. The van der Waals surface area contributed by atoms with E-state index in [9.17, 15) is 19.5 Å². The lowest BCUT2D eigenvalue weighted by molar-refractivity contribution is -0.157. The summed E-state index contributed by atoms with van der Waals surface area (Å²) in [6.07, 6.45) is -0.0153. The smallest absolute Gasteiger partial charge is 0.328 e. The van der Waals surface area contributed by atoms with Crippen LogP contribution in [-0.4, -0.2) is 67.9 Å². The average molecular weight is 402 g/mol. The largest absolute Gasteiger partial charge is 0.464 e. The molecule has 0 saturated carbocycles. The second-order valence-corrected chi connectivity index (χ2v) is 14.1. The standard InChI is InChI=1S/C19H35NO6Si/c1-9-25-17(24)14-10-13(26-27(7,8)18(2,3)4)11-20(14)16(23)15(22)19(5,6)12-21/h13-14,21H,9-12H2,1-8H3/t13-,14+/m1/s1. The lowest BCUT2D eigenvalue weighted by Gasteiger charge is -2.38. The van der Waals surface area contributed by atoms with Crippen LogP contribution < -0.4 is 0 Å². The second kappa shape index (κ2) is 8.41. The summed E-state index contributed by atoms with van der Waals surface area (Å²) in [5.74, 6) is -2.01. The first-order valence-electron chi connectivity index (χ1n) is 9.48. The zero-order valence-corrected chi connectivity index (χ0v) is 18.9. The van der Waals surface area contributed by atoms with Crippen LogP contribution in [0.2, 0.25) is 18.1 Å². The van der Waals surface area contributed by atoms with Gasteiger partial charge in [0.15, 0.2) is 8.32 Å². The number of amides is 1. The van der Waals surface area contributed by atoms with Crippen molar-refractivity contribution in [2.45, 2.75) is 78.2 Å². The van der Waals surface area contributed by atoms with Crippen molar-refractivity contribution in [1.82, 2.24) is 4.90 Å². The Labute approximate surface area is 163 Å². The number of carbonyl (C=O) groups excluding carboxylic acids is 3. The summed E-state index contributed by atoms with van der Waals surface area (Å²) in [4.78, 5) is 39.0. The molecule has 1 N–H and O–H groups in total. The van der Waals surface area contributed by atoms with Crippen LogP contribution >= 0.6 is 0 Å². The number of aliphatic hydroxyl groups excluding tert-OH is 1. The van der Waals surface area contributed by atoms with E-state index in [1.165, 1.54) is 18.7 Å². The van der Waals surface area contributed by atoms with Gasteiger partial charge in [-0.3, -0.25) is 9.59 Å². The van der Waals surface area contributed by atoms with Crippen LogP contribution in [-0.2, 0) is 23.5 Å². The minimum atomic E-state index is -2.10. The molecule has 0 aromatic carbocycles. The molecule has 7 nitrogen and oxygen atoms in total. The molecule has 1 fully saturated rings. The number of hydrogen-bond donors (Lipinski definition) is 1. The number of likely N-dealkylation sites (tertiary alicyclic amines) is 1. The minimum Gasteiger partial charge on any atom is -0.464 e. The van der Waals surface area contributed by atoms with Crippen LogP contribution in [0, 0.1) is 5.41 Å². The van der Waals surface area contributed by atoms with Gasteiger partial charge in [-0.15, -0.1) is 0 Å². The highest BCUT2D eigenvalue weighted by atomic mass is 28.4. The highest BCUT2D eigenvalue weighted by Gasteiger charge is 2.48. The van der Waals surface area contributed by atoms with Gasteiger partial charge in [0, 0.05) is 13.0 Å². The first-order valence-corrected chi connectivity index (χ1v) is 12.4. The Hall–Kier alpha value is -1.25. The van der Waals surface area contributed by atoms with Crippen LogP contribution in [0.3, 0.4) is 0 Å². The Morgan fingerprint density at radius 1 is 1.15 bits per heavy atom. The summed E-state index contributed by atoms with van der Waals surface area (Å²) >= 11 is 0. The molecular weight excluding hydrogens is 366 g/mol. The maximum Gasteiger partial charge on any atom is 0.328 e. The Morgan fingerprint density at radius 3 is 2.15 bits per heavy atom. The maximum atomic E-state index is 12.8. The van der Waals surface area contributed by atoms with Crippen LogP contribution in [0.1, 0.15) is 48.0 Å². The molecule has 1 heterocycles. The molecule has 1 saturated heterocycles. The second-order valence-electron chi connectivity index (χ2n) is 9.33. The number of hydrogen-bond acceptors (Lipinski definition) is 6. The molecule has 156 valence electrons. The van der Waals surface area contributed by atoms with Gasteiger partial charge < -0.3 is 19.2 Å². The normalized spacial score (nSPS) is 21.3. The fourth-order valence-electron chi connectivity index (χ4n) is 2.65. The van der Waals surface area contributed by atoms with Gasteiger partial charge >= 0.3 is 5.97 Å². The zero-order chi connectivity index (χ0) is 21.2. The summed E-state index contributed by atoms with van der Waals surface area (Å²) in [7, 11) is -2.10. The number of ketones is 1. The molecule has 0 aromatic rings. The van der Waals surface area contributed by atoms with Crippen molar-refractivity contribution in [2.24, 2.45) is 5.41 Å². The third-order valence-electron chi connectivity index (χ3n) is 5.55. The van der Waals surface area contributed by atoms with E-state index in [1.807, 2.05) is 0 Å². The van der Waals surface area contributed by atoms with Crippen molar-refractivity contribution in [2.75, 3.05) is 19.8 Å². The molecule has 1 aliphatic rings. The van der Waals surface area contributed by atoms with Crippen molar-refractivity contribution in [3.8, 4) is 0 Å². The van der Waals surface area contributed by atoms with Crippen molar-refractivity contribution in [3.05, 3.63) is 0 Å². The van der Waals surface area contributed by atoms with E-state index in [2.05, 4.69) is 33.9 Å². The van der Waals surface area contributed by atoms with Gasteiger partial charge in [0.25, 0.3) is 5.91 Å². The number of rotatable bonds is 7. The van der Waals surface area contributed by atoms with E-state index in [1.54, 1.807) is 6.92 Å². The van der Waals surface area contributed by atoms with Crippen molar-refractivity contribution in [1.29, 1.82) is 0 Å². The molecule has 2 atom stereocenters. The number of carbonyl (C=O) groups is 3. The maximum absolute atomic E-state index is 12.8. The summed E-state index contributed by atoms with van der Waals surface area (Å²) in [5, 5.41) is 9.39. The van der Waals surface area contributed by atoms with Gasteiger partial charge in [0.1, 0.15) is 6.04 Å². The van der Waals surface area contributed by atoms with Gasteiger partial charge in [0.05, 0.1) is 24.7 Å². The lowest BCUT2D eigenvalue weighted by atomic mass is 9.88. The van der Waals surface area contributed by atoms with E-state index >= 15 is 0 Å². The predicted octanol–water partition coefficient (Wildman–Crippen LogP) is 2.13. The molecule has 1 amide bonds. The summed E-state index contributed by atoms with van der Waals surface area (Å²) in [6.45, 7) is 15.2. The fourth-order valence-corrected chi connectivity index (χ4v) is 4.01. The van der Waals surface area contributed by atoms with E-state index in [0.717, 1.165) is 0 Å². The van der Waals surface area contributed by atoms with Gasteiger partial charge in [-0.05, 0) is 25.1 Å². The molecule has 1 rings (SSSR count). The van der Waals surface area contributed by atoms with Gasteiger partial charge in [0.2, 0.25) is 5.78 Å². The van der Waals surface area contributed by atoms with Crippen LogP contribution in [0.15, 0.2) is 0 Å². The lowest BCUT2D eigenvalue weighted by Crippen LogP contribution is -2.49. The quantitative estimate of drug-likeness (QED) is 0.399. The van der Waals surface area contributed by atoms with Crippen molar-refractivity contribution >= 4 is 26.0 Å². The summed E-state index contributed by atoms with van der Waals surface area (Å²) in [5.41, 5.74) is -1.20. The van der Waals surface area contributed by atoms with E-state index < -0.39 is 44.0 Å². The third-order valence-corrected chi connectivity index (χ3v) is 10.1. The number of Topliss-reactive ketones (excluding diaryl/α,β-unsaturated/α-hetero) is 1. The Balaban J connectivity index is 3.08. The van der Waals surface area contributed by atoms with Crippen LogP contribution in [0.5, 0.6) is 0 Å². The van der Waals surface area contributed by atoms with Crippen LogP contribution in [0.25, 0.3) is 0 Å². The number of esters is 1. The number of ether oxygens (including phenoxy) is 1. The monoisotopic (exact) mass is 401 g/mol. The SMILES string of the molecule is CCOC(=O)[C@@H]1C[C@@H](O[Si](C)(C)C(C)(C)C)CN1C(=O)C(=O)C(C)(C)CO. The molecule has 0 aromatic heterocycles. The fraction of sp³-hybridized carbons (Fsp3) is 0.842. The topological polar surface area (TPSA) is 93.1 Å². The minimum absolute atomic E-state index is 0.0153. The molecular formula is C19H35NO6Si. The number of nitrogens with zero attached hydrogens (tertiary/aromatic N) is 1. The van der Waals surface area contributed by atoms with Gasteiger partial charge in [-0.2, -0.15) is 0 Å². The first kappa shape index (κ1) is 23.8. The molecule has 0 bridgehead atoms. The predicted molar refractivity (Wildman–Crippen MR) is 105 cm³/mol. The molecule has 8 heteroatoms.